The summed E-state index contributed by atoms with van der Waals surface area (Å²) in [5.74, 6) is -0.0825. The molecule has 6 heteroatoms. The zero-order valence-electron chi connectivity index (χ0n) is 17.7. The summed E-state index contributed by atoms with van der Waals surface area (Å²) in [7, 11) is 0. The fraction of sp³-hybridized carbons (Fsp3) is 0.636. The van der Waals surface area contributed by atoms with Gasteiger partial charge in [0.2, 0.25) is 0 Å². The molecule has 2 rings (SSSR count). The summed E-state index contributed by atoms with van der Waals surface area (Å²) in [6.07, 6.45) is 1.34. The highest BCUT2D eigenvalue weighted by molar-refractivity contribution is 5.76. The van der Waals surface area contributed by atoms with Gasteiger partial charge < -0.3 is 14.4 Å². The molecule has 1 saturated heterocycles. The van der Waals surface area contributed by atoms with Crippen molar-refractivity contribution in [1.29, 1.82) is 0 Å². The first-order valence-corrected chi connectivity index (χ1v) is 10.1. The lowest BCUT2D eigenvalue weighted by molar-refractivity contribution is -0.159. The average molecular weight is 391 g/mol. The number of nitrogens with zero attached hydrogens (tertiary/aromatic N) is 1. The molecule has 0 aromatic heterocycles. The number of carbonyl (C=O) groups is 2. The zero-order valence-corrected chi connectivity index (χ0v) is 17.7. The van der Waals surface area contributed by atoms with E-state index >= 15 is 0 Å². The van der Waals surface area contributed by atoms with Crippen LogP contribution < -0.4 is 5.32 Å². The third-order valence-corrected chi connectivity index (χ3v) is 4.94. The van der Waals surface area contributed by atoms with E-state index in [1.807, 2.05) is 58.0 Å². The Morgan fingerprint density at radius 2 is 1.93 bits per heavy atom. The molecule has 0 bridgehead atoms. The van der Waals surface area contributed by atoms with Crippen LogP contribution in [0.1, 0.15) is 53.0 Å². The van der Waals surface area contributed by atoms with Gasteiger partial charge in [0.1, 0.15) is 18.2 Å². The highest BCUT2D eigenvalue weighted by atomic mass is 16.6. The Hall–Kier alpha value is -2.08. The number of hydrogen-bond donors (Lipinski definition) is 1. The molecule has 1 aliphatic heterocycles. The lowest BCUT2D eigenvalue weighted by Gasteiger charge is -2.29. The van der Waals surface area contributed by atoms with Gasteiger partial charge in [-0.2, -0.15) is 0 Å². The van der Waals surface area contributed by atoms with Crippen LogP contribution in [0.25, 0.3) is 0 Å². The SMILES string of the molecule is CC[C@H](C)[C@H](N[C@H]1CCN(C(=O)OCc2ccccc2)C1)C(=O)OC(C)(C)C. The summed E-state index contributed by atoms with van der Waals surface area (Å²) in [5, 5.41) is 3.42. The third-order valence-electron chi connectivity index (χ3n) is 4.94. The van der Waals surface area contributed by atoms with Crippen LogP contribution >= 0.6 is 0 Å². The van der Waals surface area contributed by atoms with E-state index in [-0.39, 0.29) is 36.7 Å². The van der Waals surface area contributed by atoms with E-state index in [1.165, 1.54) is 0 Å². The van der Waals surface area contributed by atoms with Gasteiger partial charge >= 0.3 is 12.1 Å². The van der Waals surface area contributed by atoms with Gasteiger partial charge in [-0.1, -0.05) is 50.6 Å². The quantitative estimate of drug-likeness (QED) is 0.718. The van der Waals surface area contributed by atoms with Gasteiger partial charge in [0, 0.05) is 19.1 Å². The molecule has 6 nitrogen and oxygen atoms in total. The second-order valence-electron chi connectivity index (χ2n) is 8.54. The molecular weight excluding hydrogens is 356 g/mol. The highest BCUT2D eigenvalue weighted by Crippen LogP contribution is 2.18. The number of esters is 1. The molecule has 1 aromatic carbocycles. The van der Waals surface area contributed by atoms with Gasteiger partial charge in [0.15, 0.2) is 0 Å². The summed E-state index contributed by atoms with van der Waals surface area (Å²) in [4.78, 5) is 26.7. The second-order valence-corrected chi connectivity index (χ2v) is 8.54. The molecule has 28 heavy (non-hydrogen) atoms. The fourth-order valence-electron chi connectivity index (χ4n) is 3.19. The number of benzene rings is 1. The number of rotatable bonds is 7. The Morgan fingerprint density at radius 1 is 1.25 bits per heavy atom. The predicted octanol–water partition coefficient (Wildman–Crippen LogP) is 3.74. The van der Waals surface area contributed by atoms with Gasteiger partial charge in [-0.3, -0.25) is 10.1 Å². The molecule has 0 saturated carbocycles. The largest absolute Gasteiger partial charge is 0.459 e. The molecule has 3 atom stereocenters. The minimum absolute atomic E-state index is 0.0517. The van der Waals surface area contributed by atoms with Crippen molar-refractivity contribution in [3.63, 3.8) is 0 Å². The van der Waals surface area contributed by atoms with Crippen molar-refractivity contribution in [2.24, 2.45) is 5.92 Å². The van der Waals surface area contributed by atoms with Crippen LogP contribution in [-0.4, -0.2) is 47.7 Å². The number of nitrogens with one attached hydrogen (secondary N) is 1. The Balaban J connectivity index is 1.88. The molecular formula is C22H34N2O4. The zero-order chi connectivity index (χ0) is 20.7. The van der Waals surface area contributed by atoms with E-state index in [2.05, 4.69) is 12.2 Å². The summed E-state index contributed by atoms with van der Waals surface area (Å²) < 4.78 is 11.0. The van der Waals surface area contributed by atoms with Gasteiger partial charge in [0.05, 0.1) is 0 Å². The molecule has 1 fully saturated rings. The highest BCUT2D eigenvalue weighted by Gasteiger charge is 2.34. The molecule has 1 heterocycles. The molecule has 156 valence electrons. The smallest absolute Gasteiger partial charge is 0.410 e. The van der Waals surface area contributed by atoms with E-state index in [9.17, 15) is 9.59 Å². The first-order valence-electron chi connectivity index (χ1n) is 10.1. The average Bonchev–Trinajstić information content (AvgIpc) is 3.11. The molecule has 1 N–H and O–H groups in total. The molecule has 1 aliphatic rings. The van der Waals surface area contributed by atoms with Crippen LogP contribution in [0.4, 0.5) is 4.79 Å². The monoisotopic (exact) mass is 390 g/mol. The maximum absolute atomic E-state index is 12.6. The first-order chi connectivity index (χ1) is 13.2. The summed E-state index contributed by atoms with van der Waals surface area (Å²) in [6, 6.07) is 9.30. The molecule has 0 radical (unpaired) electrons. The lowest BCUT2D eigenvalue weighted by atomic mass is 9.97. The van der Waals surface area contributed by atoms with Crippen LogP contribution in [-0.2, 0) is 20.9 Å². The van der Waals surface area contributed by atoms with Gasteiger partial charge in [-0.15, -0.1) is 0 Å². The van der Waals surface area contributed by atoms with Crippen LogP contribution in [0.15, 0.2) is 30.3 Å². The maximum atomic E-state index is 12.6. The molecule has 0 spiro atoms. The van der Waals surface area contributed by atoms with Gasteiger partial charge in [-0.05, 0) is 38.7 Å². The topological polar surface area (TPSA) is 67.9 Å². The number of carbonyl (C=O) groups excluding carboxylic acids is 2. The van der Waals surface area contributed by atoms with E-state index < -0.39 is 5.60 Å². The van der Waals surface area contributed by atoms with Crippen molar-refractivity contribution in [2.45, 2.75) is 71.8 Å². The van der Waals surface area contributed by atoms with Crippen molar-refractivity contribution in [3.05, 3.63) is 35.9 Å². The van der Waals surface area contributed by atoms with Crippen molar-refractivity contribution in [2.75, 3.05) is 13.1 Å². The summed E-state index contributed by atoms with van der Waals surface area (Å²) >= 11 is 0. The minimum atomic E-state index is -0.520. The van der Waals surface area contributed by atoms with Gasteiger partial charge in [0.25, 0.3) is 0 Å². The van der Waals surface area contributed by atoms with E-state index in [1.54, 1.807) is 4.90 Å². The third kappa shape index (κ3) is 6.82. The molecule has 0 aliphatic carbocycles. The normalized spacial score (nSPS) is 19.2. The van der Waals surface area contributed by atoms with E-state index in [0.29, 0.717) is 13.1 Å². The first kappa shape index (κ1) is 22.2. The van der Waals surface area contributed by atoms with E-state index in [0.717, 1.165) is 18.4 Å². The Bertz CT molecular complexity index is 642. The fourth-order valence-corrected chi connectivity index (χ4v) is 3.19. The summed E-state index contributed by atoms with van der Waals surface area (Å²) in [6.45, 7) is 11.1. The standard InChI is InChI=1S/C22H34N2O4/c1-6-16(2)19(20(25)28-22(3,4)5)23-18-12-13-24(14-18)21(26)27-15-17-10-8-7-9-11-17/h7-11,16,18-19,23H,6,12-15H2,1-5H3/t16-,18-,19-/m0/s1. The van der Waals surface area contributed by atoms with Crippen molar-refractivity contribution in [3.8, 4) is 0 Å². The van der Waals surface area contributed by atoms with Gasteiger partial charge in [-0.25, -0.2) is 4.79 Å². The molecule has 0 unspecified atom stereocenters. The Labute approximate surface area is 168 Å². The van der Waals surface area contributed by atoms with Crippen molar-refractivity contribution >= 4 is 12.1 Å². The predicted molar refractivity (Wildman–Crippen MR) is 109 cm³/mol. The van der Waals surface area contributed by atoms with Crippen molar-refractivity contribution in [1.82, 2.24) is 10.2 Å². The maximum Gasteiger partial charge on any atom is 0.410 e. The van der Waals surface area contributed by atoms with Crippen LogP contribution in [0.3, 0.4) is 0 Å². The summed E-state index contributed by atoms with van der Waals surface area (Å²) in [5.41, 5.74) is 0.444. The van der Waals surface area contributed by atoms with Crippen molar-refractivity contribution < 1.29 is 19.1 Å². The number of likely N-dealkylation sites (tertiary alicyclic amines) is 1. The van der Waals surface area contributed by atoms with E-state index in [4.69, 9.17) is 9.47 Å². The Morgan fingerprint density at radius 3 is 2.54 bits per heavy atom. The molecule has 1 amide bonds. The second kappa shape index (κ2) is 9.92. The molecule has 1 aromatic rings. The lowest BCUT2D eigenvalue weighted by Crippen LogP contribution is -2.50. The number of amides is 1. The Kier molecular flexibility index (Phi) is 7.87. The minimum Gasteiger partial charge on any atom is -0.459 e. The number of ether oxygens (including phenoxy) is 2. The van der Waals surface area contributed by atoms with Crippen LogP contribution in [0.5, 0.6) is 0 Å². The number of hydrogen-bond acceptors (Lipinski definition) is 5. The van der Waals surface area contributed by atoms with Crippen LogP contribution in [0.2, 0.25) is 0 Å². The van der Waals surface area contributed by atoms with Crippen LogP contribution in [0, 0.1) is 5.92 Å².